The summed E-state index contributed by atoms with van der Waals surface area (Å²) in [6.45, 7) is 6.46. The molecule has 28 heavy (non-hydrogen) atoms. The van der Waals surface area contributed by atoms with Crippen LogP contribution in [0, 0.1) is 0 Å². The molecule has 0 aliphatic rings. The second-order valence-electron chi connectivity index (χ2n) is 7.40. The third-order valence-corrected chi connectivity index (χ3v) is 4.22. The van der Waals surface area contributed by atoms with E-state index in [2.05, 4.69) is 47.4 Å². The van der Waals surface area contributed by atoms with Gasteiger partial charge in [0.1, 0.15) is 5.75 Å². The van der Waals surface area contributed by atoms with Gasteiger partial charge in [-0.3, -0.25) is 4.79 Å². The lowest BCUT2D eigenvalue weighted by atomic mass is 9.86. The highest BCUT2D eigenvalue weighted by molar-refractivity contribution is 6.04. The Kier molecular flexibility index (Phi) is 5.59. The third-order valence-electron chi connectivity index (χ3n) is 4.22. The van der Waals surface area contributed by atoms with Gasteiger partial charge in [-0.2, -0.15) is 0 Å². The SMILES string of the molecule is COc1cccc(NC(=O)c2cnc(Nc3ccccc3C(C)(C)C)nc2)c1. The minimum atomic E-state index is -0.283. The molecule has 0 fully saturated rings. The van der Waals surface area contributed by atoms with Crippen LogP contribution in [0.25, 0.3) is 0 Å². The van der Waals surface area contributed by atoms with Crippen LogP contribution < -0.4 is 15.4 Å². The number of carbonyl (C=O) groups excluding carboxylic acids is 1. The molecular formula is C22H24N4O2. The molecule has 3 aromatic rings. The molecule has 0 aliphatic heterocycles. The van der Waals surface area contributed by atoms with E-state index in [1.165, 1.54) is 18.0 Å². The van der Waals surface area contributed by atoms with Crippen LogP contribution in [-0.2, 0) is 5.41 Å². The van der Waals surface area contributed by atoms with Crippen molar-refractivity contribution < 1.29 is 9.53 Å². The standard InChI is InChI=1S/C22H24N4O2/c1-22(2,3)18-10-5-6-11-19(18)26-21-23-13-15(14-24-21)20(27)25-16-8-7-9-17(12-16)28-4/h5-14H,1-4H3,(H,25,27)(H,23,24,26). The van der Waals surface area contributed by atoms with Gasteiger partial charge in [-0.05, 0) is 29.2 Å². The summed E-state index contributed by atoms with van der Waals surface area (Å²) in [5.74, 6) is 0.829. The number of hydrogen-bond donors (Lipinski definition) is 2. The largest absolute Gasteiger partial charge is 0.497 e. The summed E-state index contributed by atoms with van der Waals surface area (Å²) < 4.78 is 5.16. The molecule has 3 rings (SSSR count). The monoisotopic (exact) mass is 376 g/mol. The Labute approximate surface area is 165 Å². The lowest BCUT2D eigenvalue weighted by Crippen LogP contribution is -2.15. The Bertz CT molecular complexity index is 963. The first-order valence-electron chi connectivity index (χ1n) is 9.01. The maximum Gasteiger partial charge on any atom is 0.258 e. The van der Waals surface area contributed by atoms with Crippen molar-refractivity contribution in [3.8, 4) is 5.75 Å². The fraction of sp³-hybridized carbons (Fsp3) is 0.227. The molecule has 0 radical (unpaired) electrons. The van der Waals surface area contributed by atoms with Gasteiger partial charge in [-0.15, -0.1) is 0 Å². The molecule has 1 aromatic heterocycles. The van der Waals surface area contributed by atoms with Crippen molar-refractivity contribution in [2.24, 2.45) is 0 Å². The van der Waals surface area contributed by atoms with E-state index in [4.69, 9.17) is 4.74 Å². The molecule has 6 nitrogen and oxygen atoms in total. The van der Waals surface area contributed by atoms with Crippen molar-refractivity contribution in [1.29, 1.82) is 0 Å². The zero-order valence-corrected chi connectivity index (χ0v) is 16.5. The second-order valence-corrected chi connectivity index (χ2v) is 7.40. The van der Waals surface area contributed by atoms with Crippen molar-refractivity contribution >= 4 is 23.2 Å². The Morgan fingerprint density at radius 2 is 1.71 bits per heavy atom. The molecule has 0 saturated carbocycles. The number of methoxy groups -OCH3 is 1. The number of hydrogen-bond acceptors (Lipinski definition) is 5. The molecule has 0 unspecified atom stereocenters. The molecular weight excluding hydrogens is 352 g/mol. The molecule has 0 bridgehead atoms. The van der Waals surface area contributed by atoms with Gasteiger partial charge in [0.05, 0.1) is 12.7 Å². The van der Waals surface area contributed by atoms with E-state index in [1.807, 2.05) is 30.3 Å². The number of carbonyl (C=O) groups is 1. The van der Waals surface area contributed by atoms with E-state index in [-0.39, 0.29) is 11.3 Å². The van der Waals surface area contributed by atoms with Gasteiger partial charge >= 0.3 is 0 Å². The van der Waals surface area contributed by atoms with Gasteiger partial charge in [0, 0.05) is 29.8 Å². The van der Waals surface area contributed by atoms with Crippen LogP contribution >= 0.6 is 0 Å². The summed E-state index contributed by atoms with van der Waals surface area (Å²) in [5, 5.41) is 6.05. The van der Waals surface area contributed by atoms with Crippen molar-refractivity contribution in [2.45, 2.75) is 26.2 Å². The lowest BCUT2D eigenvalue weighted by Gasteiger charge is -2.22. The quantitative estimate of drug-likeness (QED) is 0.670. The van der Waals surface area contributed by atoms with Crippen LogP contribution in [0.3, 0.4) is 0 Å². The zero-order valence-electron chi connectivity index (χ0n) is 16.5. The predicted molar refractivity (Wildman–Crippen MR) is 111 cm³/mol. The molecule has 0 aliphatic carbocycles. The molecule has 2 N–H and O–H groups in total. The van der Waals surface area contributed by atoms with E-state index >= 15 is 0 Å². The van der Waals surface area contributed by atoms with Gasteiger partial charge in [-0.25, -0.2) is 9.97 Å². The first-order chi connectivity index (χ1) is 13.4. The van der Waals surface area contributed by atoms with Gasteiger partial charge in [0.25, 0.3) is 5.91 Å². The number of ether oxygens (including phenoxy) is 1. The van der Waals surface area contributed by atoms with Crippen LogP contribution in [0.5, 0.6) is 5.75 Å². The highest BCUT2D eigenvalue weighted by Crippen LogP contribution is 2.30. The number of benzene rings is 2. The predicted octanol–water partition coefficient (Wildman–Crippen LogP) is 4.78. The van der Waals surface area contributed by atoms with Gasteiger partial charge in [0.2, 0.25) is 5.95 Å². The van der Waals surface area contributed by atoms with Gasteiger partial charge < -0.3 is 15.4 Å². The van der Waals surface area contributed by atoms with E-state index in [0.717, 1.165) is 5.69 Å². The van der Waals surface area contributed by atoms with Crippen LogP contribution in [0.2, 0.25) is 0 Å². The molecule has 2 aromatic carbocycles. The Hall–Kier alpha value is -3.41. The normalized spacial score (nSPS) is 11.0. The van der Waals surface area contributed by atoms with Crippen molar-refractivity contribution in [1.82, 2.24) is 9.97 Å². The highest BCUT2D eigenvalue weighted by Gasteiger charge is 2.18. The number of para-hydroxylation sites is 1. The van der Waals surface area contributed by atoms with Gasteiger partial charge in [0.15, 0.2) is 0 Å². The topological polar surface area (TPSA) is 76.1 Å². The number of nitrogens with zero attached hydrogens (tertiary/aromatic N) is 2. The minimum absolute atomic E-state index is 0.0137. The van der Waals surface area contributed by atoms with Crippen LogP contribution in [0.4, 0.5) is 17.3 Å². The van der Waals surface area contributed by atoms with Crippen molar-refractivity contribution in [2.75, 3.05) is 17.7 Å². The molecule has 0 atom stereocenters. The first-order valence-corrected chi connectivity index (χ1v) is 9.01. The number of amides is 1. The lowest BCUT2D eigenvalue weighted by molar-refractivity contribution is 0.102. The first kappa shape index (κ1) is 19.4. The number of anilines is 3. The van der Waals surface area contributed by atoms with Gasteiger partial charge in [-0.1, -0.05) is 45.0 Å². The summed E-state index contributed by atoms with van der Waals surface area (Å²) in [4.78, 5) is 21.0. The number of nitrogens with one attached hydrogen (secondary N) is 2. The fourth-order valence-electron chi connectivity index (χ4n) is 2.78. The highest BCUT2D eigenvalue weighted by atomic mass is 16.5. The number of rotatable bonds is 5. The van der Waals surface area contributed by atoms with Crippen LogP contribution in [0.1, 0.15) is 36.7 Å². The van der Waals surface area contributed by atoms with E-state index in [9.17, 15) is 4.79 Å². The van der Waals surface area contributed by atoms with Crippen LogP contribution in [-0.4, -0.2) is 23.0 Å². The summed E-state index contributed by atoms with van der Waals surface area (Å²) >= 11 is 0. The molecule has 0 saturated heterocycles. The Balaban J connectivity index is 1.73. The van der Waals surface area contributed by atoms with Crippen molar-refractivity contribution in [3.05, 3.63) is 72.1 Å². The summed E-state index contributed by atoms with van der Waals surface area (Å²) in [7, 11) is 1.58. The average molecular weight is 376 g/mol. The third kappa shape index (κ3) is 4.65. The second kappa shape index (κ2) is 8.08. The smallest absolute Gasteiger partial charge is 0.258 e. The van der Waals surface area contributed by atoms with E-state index in [1.54, 1.807) is 19.2 Å². The van der Waals surface area contributed by atoms with E-state index < -0.39 is 0 Å². The summed E-state index contributed by atoms with van der Waals surface area (Å²) in [5.41, 5.74) is 3.12. The molecule has 0 spiro atoms. The fourth-order valence-corrected chi connectivity index (χ4v) is 2.78. The minimum Gasteiger partial charge on any atom is -0.497 e. The summed E-state index contributed by atoms with van der Waals surface area (Å²) in [6.07, 6.45) is 3.01. The number of aromatic nitrogens is 2. The maximum absolute atomic E-state index is 12.4. The summed E-state index contributed by atoms with van der Waals surface area (Å²) in [6, 6.07) is 15.2. The Morgan fingerprint density at radius 3 is 2.39 bits per heavy atom. The molecule has 1 amide bonds. The van der Waals surface area contributed by atoms with Crippen LogP contribution in [0.15, 0.2) is 60.9 Å². The Morgan fingerprint density at radius 1 is 1.00 bits per heavy atom. The molecule has 144 valence electrons. The van der Waals surface area contributed by atoms with Crippen molar-refractivity contribution in [3.63, 3.8) is 0 Å². The molecule has 6 heteroatoms. The maximum atomic E-state index is 12.4. The molecule has 1 heterocycles. The zero-order chi connectivity index (χ0) is 20.1. The average Bonchev–Trinajstić information content (AvgIpc) is 2.68. The van der Waals surface area contributed by atoms with E-state index in [0.29, 0.717) is 22.9 Å².